The van der Waals surface area contributed by atoms with Crippen molar-refractivity contribution < 1.29 is 75.0 Å². The van der Waals surface area contributed by atoms with Crippen molar-refractivity contribution in [1.29, 1.82) is 0 Å². The molecule has 0 saturated carbocycles. The van der Waals surface area contributed by atoms with E-state index in [0.29, 0.717) is 19.4 Å². The van der Waals surface area contributed by atoms with Crippen LogP contribution in [0, 0.1) is 59.2 Å². The first kappa shape index (κ1) is 48.5. The second-order valence-electron chi connectivity index (χ2n) is 4.75. The average Bonchev–Trinajstić information content (AvgIpc) is 2.87. The standard InChI is InChI=1S/C14H17NO3S.6CO.2Co/c1-3-13-14(16)5-4-10-15(13)19(17,18)12-8-6-11(2)7-9-12;6*1-2;;/h1,6-9,13-14,16H,4-5,10H2,2H3;;;;;;;;/t13-,14+;;;;;;;;/m0......../s1. The maximum absolute atomic E-state index is 12.5. The molecule has 1 saturated heterocycles. The second-order valence-corrected chi connectivity index (χ2v) is 6.64. The van der Waals surface area contributed by atoms with Gasteiger partial charge < -0.3 is 5.11 Å². The van der Waals surface area contributed by atoms with E-state index in [0.717, 1.165) is 5.56 Å². The van der Waals surface area contributed by atoms with E-state index in [1.165, 1.54) is 4.31 Å². The third-order valence-corrected chi connectivity index (χ3v) is 5.25. The number of aliphatic hydroxyl groups is 1. The van der Waals surface area contributed by atoms with Gasteiger partial charge >= 0.3 is 67.8 Å². The summed E-state index contributed by atoms with van der Waals surface area (Å²) in [6, 6.07) is 5.86. The Balaban J connectivity index is -0.0000000844. The largest absolute Gasteiger partial charge is 0 e. The van der Waals surface area contributed by atoms with Crippen molar-refractivity contribution in [3.63, 3.8) is 0 Å². The third-order valence-electron chi connectivity index (χ3n) is 3.35. The Morgan fingerprint density at radius 2 is 1.27 bits per heavy atom. The van der Waals surface area contributed by atoms with E-state index in [9.17, 15) is 13.5 Å². The number of aliphatic hydroxyl groups excluding tert-OH is 1. The summed E-state index contributed by atoms with van der Waals surface area (Å²) in [5.74, 6) is 2.39. The van der Waals surface area contributed by atoms with Crippen molar-refractivity contribution in [2.24, 2.45) is 0 Å². The van der Waals surface area contributed by atoms with Gasteiger partial charge in [-0.05, 0) is 31.9 Å². The molecule has 1 aliphatic rings. The number of hydrogen-bond acceptors (Lipinski definition) is 3. The van der Waals surface area contributed by atoms with Gasteiger partial charge in [-0.25, -0.2) is 8.42 Å². The van der Waals surface area contributed by atoms with Crippen LogP contribution in [-0.4, -0.2) is 36.5 Å². The van der Waals surface area contributed by atoms with Gasteiger partial charge in [-0.3, -0.25) is 0 Å². The van der Waals surface area contributed by atoms with E-state index in [2.05, 4.69) is 45.8 Å². The van der Waals surface area contributed by atoms with E-state index in [1.54, 1.807) is 24.3 Å². The summed E-state index contributed by atoms with van der Waals surface area (Å²) in [5, 5.41) is 9.85. The molecule has 13 heteroatoms. The molecule has 0 spiro atoms. The molecule has 2 rings (SSSR count). The molecule has 0 amide bonds. The van der Waals surface area contributed by atoms with Crippen molar-refractivity contribution in [3.05, 3.63) is 69.7 Å². The fraction of sp³-hybridized carbons (Fsp3) is 0.300. The molecule has 1 heterocycles. The van der Waals surface area contributed by atoms with Crippen molar-refractivity contribution >= 4 is 10.0 Å². The number of piperidine rings is 1. The average molecular weight is 565 g/mol. The Bertz CT molecular complexity index is 805. The number of nitrogens with zero attached hydrogens (tertiary/aromatic N) is 1. The first-order chi connectivity index (χ1) is 15.0. The fourth-order valence-electron chi connectivity index (χ4n) is 2.25. The Labute approximate surface area is 214 Å². The van der Waals surface area contributed by atoms with Crippen molar-refractivity contribution in [3.8, 4) is 12.3 Å². The predicted molar refractivity (Wildman–Crippen MR) is 96.5 cm³/mol. The SMILES string of the molecule is C#C[C@H]1[C@H](O)CCCN1S(=O)(=O)c1ccc(C)cc1.[C-]#[O+].[C-]#[O+].[C-]#[O+].[C-]#[O+].[C-]#[O+].[C-]#[O+].[Co].[Co]. The number of rotatable bonds is 2. The van der Waals surface area contributed by atoms with E-state index < -0.39 is 22.2 Å². The molecule has 2 atom stereocenters. The fourth-order valence-corrected chi connectivity index (χ4v) is 3.88. The summed E-state index contributed by atoms with van der Waals surface area (Å²) in [6.07, 6.45) is 5.73. The molecule has 10 nitrogen and oxygen atoms in total. The zero-order valence-electron chi connectivity index (χ0n) is 16.9. The molecule has 1 aromatic rings. The summed E-state index contributed by atoms with van der Waals surface area (Å²) in [5.41, 5.74) is 0.992. The van der Waals surface area contributed by atoms with Gasteiger partial charge in [-0.1, -0.05) is 23.6 Å². The molecule has 1 aromatic carbocycles. The van der Waals surface area contributed by atoms with Crippen molar-refractivity contribution in [1.82, 2.24) is 4.31 Å². The maximum atomic E-state index is 12.5. The zero-order valence-corrected chi connectivity index (χ0v) is 19.8. The summed E-state index contributed by atoms with van der Waals surface area (Å²) in [6.45, 7) is 29.2. The van der Waals surface area contributed by atoms with Gasteiger partial charge in [-0.2, -0.15) is 4.31 Å². The predicted octanol–water partition coefficient (Wildman–Crippen LogP) is 0.912. The van der Waals surface area contributed by atoms with Gasteiger partial charge in [0.05, 0.1) is 11.0 Å². The minimum absolute atomic E-state index is 0. The smallest absolute Gasteiger partial charge is 0 e. The van der Waals surface area contributed by atoms with Crippen LogP contribution in [0.2, 0.25) is 0 Å². The Kier molecular flexibility index (Phi) is 51.0. The van der Waals surface area contributed by atoms with Crippen LogP contribution in [0.5, 0.6) is 0 Å². The van der Waals surface area contributed by atoms with E-state index in [4.69, 9.17) is 34.3 Å². The first-order valence-corrected chi connectivity index (χ1v) is 8.86. The van der Waals surface area contributed by atoms with Crippen LogP contribution < -0.4 is 0 Å². The van der Waals surface area contributed by atoms with Gasteiger partial charge in [0.25, 0.3) is 0 Å². The number of benzene rings is 1. The van der Waals surface area contributed by atoms with Crippen molar-refractivity contribution in [2.75, 3.05) is 6.54 Å². The molecule has 1 aliphatic heterocycles. The summed E-state index contributed by atoms with van der Waals surface area (Å²) in [4.78, 5) is 0.215. The second kappa shape index (κ2) is 34.7. The Morgan fingerprint density at radius 3 is 1.61 bits per heavy atom. The topological polar surface area (TPSA) is 177 Å². The molecule has 2 radical (unpaired) electrons. The van der Waals surface area contributed by atoms with Crippen LogP contribution in [0.4, 0.5) is 0 Å². The van der Waals surface area contributed by atoms with E-state index in [-0.39, 0.29) is 38.5 Å². The van der Waals surface area contributed by atoms with Crippen LogP contribution in [0.15, 0.2) is 29.2 Å². The molecule has 180 valence electrons. The number of hydrogen-bond donors (Lipinski definition) is 1. The summed E-state index contributed by atoms with van der Waals surface area (Å²) in [7, 11) is -3.64. The minimum atomic E-state index is -3.64. The van der Waals surface area contributed by atoms with Gasteiger partial charge in [-0.15, -0.1) is 6.42 Å². The molecule has 0 unspecified atom stereocenters. The minimum Gasteiger partial charge on any atom is 0 e. The molecule has 0 bridgehead atoms. The van der Waals surface area contributed by atoms with Gasteiger partial charge in [0, 0.05) is 40.1 Å². The van der Waals surface area contributed by atoms with E-state index >= 15 is 0 Å². The summed E-state index contributed by atoms with van der Waals surface area (Å²) >= 11 is 0. The Morgan fingerprint density at radius 1 is 0.909 bits per heavy atom. The van der Waals surface area contributed by atoms with E-state index in [1.807, 2.05) is 6.92 Å². The number of sulfonamides is 1. The molecule has 1 fully saturated rings. The van der Waals surface area contributed by atoms with Gasteiger partial charge in [0.1, 0.15) is 6.04 Å². The van der Waals surface area contributed by atoms with Crippen LogP contribution in [-0.2, 0) is 71.5 Å². The maximum Gasteiger partial charge on any atom is 0 e. The summed E-state index contributed by atoms with van der Waals surface area (Å²) < 4.78 is 71.3. The van der Waals surface area contributed by atoms with Crippen LogP contribution in [0.1, 0.15) is 18.4 Å². The van der Waals surface area contributed by atoms with Crippen LogP contribution in [0.3, 0.4) is 0 Å². The number of terminal acetylenes is 1. The number of aryl methyl sites for hydroxylation is 1. The molecular formula is C20H17Co2NO9S. The monoisotopic (exact) mass is 565 g/mol. The molecule has 0 aliphatic carbocycles. The molecule has 33 heavy (non-hydrogen) atoms. The molecular weight excluding hydrogens is 548 g/mol. The quantitative estimate of drug-likeness (QED) is 0.319. The van der Waals surface area contributed by atoms with Gasteiger partial charge in [0.2, 0.25) is 10.0 Å². The molecule has 1 N–H and O–H groups in total. The van der Waals surface area contributed by atoms with Crippen LogP contribution in [0.25, 0.3) is 0 Å². The van der Waals surface area contributed by atoms with Crippen molar-refractivity contribution in [2.45, 2.75) is 36.8 Å². The third kappa shape index (κ3) is 18.2. The Hall–Kier alpha value is -1.90. The van der Waals surface area contributed by atoms with Crippen LogP contribution >= 0.6 is 0 Å². The first-order valence-electron chi connectivity index (χ1n) is 7.42. The molecule has 0 aromatic heterocycles. The zero-order chi connectivity index (χ0) is 26.0. The normalized spacial score (nSPS) is 14.7. The van der Waals surface area contributed by atoms with Gasteiger partial charge in [0.15, 0.2) is 0 Å².